The fourth-order valence-electron chi connectivity index (χ4n) is 1.30. The van der Waals surface area contributed by atoms with E-state index in [9.17, 15) is 4.79 Å². The summed E-state index contributed by atoms with van der Waals surface area (Å²) >= 11 is 0. The molecule has 0 aliphatic carbocycles. The number of nitriles is 1. The molecule has 0 saturated carbocycles. The van der Waals surface area contributed by atoms with E-state index in [1.807, 2.05) is 13.0 Å². The summed E-state index contributed by atoms with van der Waals surface area (Å²) in [4.78, 5) is 15.7. The van der Waals surface area contributed by atoms with Crippen LogP contribution in [0.25, 0.3) is 0 Å². The van der Waals surface area contributed by atoms with Gasteiger partial charge in [-0.3, -0.25) is 4.79 Å². The van der Waals surface area contributed by atoms with Gasteiger partial charge in [0, 0.05) is 19.4 Å². The van der Waals surface area contributed by atoms with Crippen molar-refractivity contribution in [3.8, 4) is 6.07 Å². The second kappa shape index (κ2) is 4.56. The molecule has 4 nitrogen and oxygen atoms in total. The largest absolute Gasteiger partial charge is 0.332 e. The second-order valence-electron chi connectivity index (χ2n) is 3.20. The molecule has 0 spiro atoms. The molecule has 0 bridgehead atoms. The predicted molar refractivity (Wildman–Crippen MR) is 51.5 cm³/mol. The molecule has 0 N–H and O–H groups in total. The van der Waals surface area contributed by atoms with E-state index in [0.29, 0.717) is 12.2 Å². The zero-order valence-corrected chi connectivity index (χ0v) is 8.40. The van der Waals surface area contributed by atoms with E-state index in [1.165, 1.54) is 0 Å². The quantitative estimate of drug-likeness (QED) is 0.678. The normalized spacial score (nSPS) is 12.1. The third-order valence-corrected chi connectivity index (χ3v) is 2.09. The standard InChI is InChI=1S/C10H13N3O/c1-3-4-8(7-11)9(14)10-12-5-6-13(10)2/h5-6,8H,3-4H2,1-2H3. The van der Waals surface area contributed by atoms with E-state index < -0.39 is 5.92 Å². The molecule has 4 heteroatoms. The van der Waals surface area contributed by atoms with Gasteiger partial charge in [0.15, 0.2) is 5.82 Å². The van der Waals surface area contributed by atoms with E-state index in [0.717, 1.165) is 6.42 Å². The number of aromatic nitrogens is 2. The molecule has 1 heterocycles. The fraction of sp³-hybridized carbons (Fsp3) is 0.500. The van der Waals surface area contributed by atoms with Crippen LogP contribution < -0.4 is 0 Å². The number of rotatable bonds is 4. The Morgan fingerprint density at radius 2 is 2.50 bits per heavy atom. The molecule has 0 aromatic carbocycles. The topological polar surface area (TPSA) is 58.7 Å². The summed E-state index contributed by atoms with van der Waals surface area (Å²) in [7, 11) is 1.75. The molecule has 1 aromatic rings. The van der Waals surface area contributed by atoms with Gasteiger partial charge < -0.3 is 4.57 Å². The van der Waals surface area contributed by atoms with Crippen molar-refractivity contribution in [2.45, 2.75) is 19.8 Å². The first-order valence-electron chi connectivity index (χ1n) is 4.61. The minimum atomic E-state index is -0.555. The van der Waals surface area contributed by atoms with Crippen LogP contribution in [0.15, 0.2) is 12.4 Å². The first-order valence-corrected chi connectivity index (χ1v) is 4.61. The van der Waals surface area contributed by atoms with Crippen LogP contribution in [-0.4, -0.2) is 15.3 Å². The Bertz CT molecular complexity index is 362. The number of hydrogen-bond donors (Lipinski definition) is 0. The Morgan fingerprint density at radius 3 is 2.93 bits per heavy atom. The average Bonchev–Trinajstić information content (AvgIpc) is 2.59. The van der Waals surface area contributed by atoms with E-state index >= 15 is 0 Å². The Hall–Kier alpha value is -1.63. The SMILES string of the molecule is CCCC(C#N)C(=O)c1nccn1C. The van der Waals surface area contributed by atoms with Crippen LogP contribution in [-0.2, 0) is 7.05 Å². The summed E-state index contributed by atoms with van der Waals surface area (Å²) in [6.07, 6.45) is 4.69. The molecule has 0 aliphatic rings. The molecule has 1 unspecified atom stereocenters. The van der Waals surface area contributed by atoms with Gasteiger partial charge in [0.25, 0.3) is 0 Å². The monoisotopic (exact) mass is 191 g/mol. The van der Waals surface area contributed by atoms with Gasteiger partial charge >= 0.3 is 0 Å². The number of hydrogen-bond acceptors (Lipinski definition) is 3. The molecule has 1 rings (SSSR count). The van der Waals surface area contributed by atoms with Crippen LogP contribution in [0, 0.1) is 17.2 Å². The summed E-state index contributed by atoms with van der Waals surface area (Å²) in [5, 5.41) is 8.81. The van der Waals surface area contributed by atoms with Gasteiger partial charge in [-0.1, -0.05) is 13.3 Å². The number of carbonyl (C=O) groups excluding carboxylic acids is 1. The van der Waals surface area contributed by atoms with Gasteiger partial charge in [-0.25, -0.2) is 4.98 Å². The van der Waals surface area contributed by atoms with E-state index in [1.54, 1.807) is 24.0 Å². The van der Waals surface area contributed by atoms with E-state index in [-0.39, 0.29) is 5.78 Å². The minimum absolute atomic E-state index is 0.179. The average molecular weight is 191 g/mol. The van der Waals surface area contributed by atoms with Gasteiger partial charge in [-0.05, 0) is 6.42 Å². The predicted octanol–water partition coefficient (Wildman–Crippen LogP) is 1.54. The second-order valence-corrected chi connectivity index (χ2v) is 3.20. The van der Waals surface area contributed by atoms with Crippen molar-refractivity contribution < 1.29 is 4.79 Å². The third-order valence-electron chi connectivity index (χ3n) is 2.09. The lowest BCUT2D eigenvalue weighted by Crippen LogP contribution is -2.17. The Kier molecular flexibility index (Phi) is 3.41. The van der Waals surface area contributed by atoms with Crippen LogP contribution in [0.1, 0.15) is 30.4 Å². The van der Waals surface area contributed by atoms with Crippen molar-refractivity contribution in [1.29, 1.82) is 5.26 Å². The molecule has 0 radical (unpaired) electrons. The van der Waals surface area contributed by atoms with E-state index in [4.69, 9.17) is 5.26 Å². The highest BCUT2D eigenvalue weighted by molar-refractivity contribution is 5.96. The highest BCUT2D eigenvalue weighted by Gasteiger charge is 2.21. The summed E-state index contributed by atoms with van der Waals surface area (Å²) < 4.78 is 1.64. The van der Waals surface area contributed by atoms with Crippen LogP contribution in [0.2, 0.25) is 0 Å². The van der Waals surface area contributed by atoms with Gasteiger partial charge in [0.1, 0.15) is 5.92 Å². The van der Waals surface area contributed by atoms with Crippen molar-refractivity contribution in [2.24, 2.45) is 13.0 Å². The molecule has 14 heavy (non-hydrogen) atoms. The Labute approximate surface area is 83.2 Å². The van der Waals surface area contributed by atoms with Crippen molar-refractivity contribution in [3.05, 3.63) is 18.2 Å². The third kappa shape index (κ3) is 1.99. The molecule has 0 saturated heterocycles. The van der Waals surface area contributed by atoms with Crippen LogP contribution in [0.4, 0.5) is 0 Å². The van der Waals surface area contributed by atoms with Gasteiger partial charge in [-0.2, -0.15) is 5.26 Å². The fourth-order valence-corrected chi connectivity index (χ4v) is 1.30. The van der Waals surface area contributed by atoms with Crippen molar-refractivity contribution >= 4 is 5.78 Å². The molecular formula is C10H13N3O. The maximum absolute atomic E-state index is 11.7. The first-order chi connectivity index (χ1) is 6.70. The lowest BCUT2D eigenvalue weighted by atomic mass is 10.00. The van der Waals surface area contributed by atoms with Gasteiger partial charge in [0.2, 0.25) is 5.78 Å². The first kappa shape index (κ1) is 10.5. The van der Waals surface area contributed by atoms with Gasteiger partial charge in [-0.15, -0.1) is 0 Å². The Balaban J connectivity index is 2.85. The van der Waals surface area contributed by atoms with Crippen LogP contribution in [0.3, 0.4) is 0 Å². The lowest BCUT2D eigenvalue weighted by molar-refractivity contribution is 0.0930. The molecule has 0 fully saturated rings. The van der Waals surface area contributed by atoms with E-state index in [2.05, 4.69) is 4.98 Å². The highest BCUT2D eigenvalue weighted by Crippen LogP contribution is 2.11. The Morgan fingerprint density at radius 1 is 1.79 bits per heavy atom. The van der Waals surface area contributed by atoms with Crippen LogP contribution in [0.5, 0.6) is 0 Å². The summed E-state index contributed by atoms with van der Waals surface area (Å²) in [6, 6.07) is 2.02. The number of imidazole rings is 1. The molecule has 1 atom stereocenters. The molecule has 0 aliphatic heterocycles. The number of nitrogens with zero attached hydrogens (tertiary/aromatic N) is 3. The maximum atomic E-state index is 11.7. The molecule has 0 amide bonds. The van der Waals surface area contributed by atoms with Gasteiger partial charge in [0.05, 0.1) is 6.07 Å². The van der Waals surface area contributed by atoms with Crippen molar-refractivity contribution in [1.82, 2.24) is 9.55 Å². The number of carbonyl (C=O) groups is 1. The number of aryl methyl sites for hydroxylation is 1. The molecule has 74 valence electrons. The number of Topliss-reactive ketones (excluding diaryl/α,β-unsaturated/α-hetero) is 1. The lowest BCUT2D eigenvalue weighted by Gasteiger charge is -2.05. The molecular weight excluding hydrogens is 178 g/mol. The minimum Gasteiger partial charge on any atom is -0.332 e. The summed E-state index contributed by atoms with van der Waals surface area (Å²) in [6.45, 7) is 1.95. The maximum Gasteiger partial charge on any atom is 0.215 e. The van der Waals surface area contributed by atoms with Crippen LogP contribution >= 0.6 is 0 Å². The zero-order valence-electron chi connectivity index (χ0n) is 8.40. The summed E-state index contributed by atoms with van der Waals surface area (Å²) in [5.41, 5.74) is 0. The summed E-state index contributed by atoms with van der Waals surface area (Å²) in [5.74, 6) is -0.368. The highest BCUT2D eigenvalue weighted by atomic mass is 16.1. The zero-order chi connectivity index (χ0) is 10.6. The smallest absolute Gasteiger partial charge is 0.215 e. The van der Waals surface area contributed by atoms with Crippen molar-refractivity contribution in [2.75, 3.05) is 0 Å². The molecule has 1 aromatic heterocycles. The number of ketones is 1. The van der Waals surface area contributed by atoms with Crippen molar-refractivity contribution in [3.63, 3.8) is 0 Å².